The fourth-order valence-electron chi connectivity index (χ4n) is 1.42. The highest BCUT2D eigenvalue weighted by Crippen LogP contribution is 2.20. The van der Waals surface area contributed by atoms with Gasteiger partial charge in [0.1, 0.15) is 0 Å². The van der Waals surface area contributed by atoms with Crippen LogP contribution in [0.3, 0.4) is 0 Å². The van der Waals surface area contributed by atoms with Crippen LogP contribution >= 0.6 is 0 Å². The van der Waals surface area contributed by atoms with E-state index in [-0.39, 0.29) is 0 Å². The fourth-order valence-corrected chi connectivity index (χ4v) is 1.42. The Morgan fingerprint density at radius 1 is 1.31 bits per heavy atom. The van der Waals surface area contributed by atoms with E-state index in [0.29, 0.717) is 0 Å². The maximum Gasteiger partial charge on any atom is 0.0314 e. The molecule has 1 heteroatoms. The van der Waals surface area contributed by atoms with Crippen LogP contribution in [0.1, 0.15) is 32.3 Å². The van der Waals surface area contributed by atoms with Crippen molar-refractivity contribution in [3.63, 3.8) is 0 Å². The molecule has 0 unspecified atom stereocenters. The summed E-state index contributed by atoms with van der Waals surface area (Å²) < 4.78 is 0. The predicted molar refractivity (Wildman–Crippen MR) is 59.4 cm³/mol. The van der Waals surface area contributed by atoms with Crippen molar-refractivity contribution in [3.8, 4) is 0 Å². The highest BCUT2D eigenvalue weighted by atomic mass is 14.5. The third kappa shape index (κ3) is 2.62. The molecule has 0 aliphatic rings. The van der Waals surface area contributed by atoms with E-state index in [4.69, 9.17) is 5.73 Å². The first-order chi connectivity index (χ1) is 6.27. The second-order valence-electron chi connectivity index (χ2n) is 3.19. The van der Waals surface area contributed by atoms with Crippen molar-refractivity contribution in [2.45, 2.75) is 26.7 Å². The molecule has 1 aromatic rings. The Morgan fingerprint density at radius 3 is 2.38 bits per heavy atom. The number of hydrogen-bond donors (Lipinski definition) is 1. The average molecular weight is 175 g/mol. The molecular weight excluding hydrogens is 158 g/mol. The Morgan fingerprint density at radius 2 is 1.92 bits per heavy atom. The lowest BCUT2D eigenvalue weighted by Gasteiger charge is -2.05. The molecule has 0 atom stereocenters. The van der Waals surface area contributed by atoms with Crippen LogP contribution in [0.4, 0.5) is 5.69 Å². The van der Waals surface area contributed by atoms with Gasteiger partial charge in [0.25, 0.3) is 0 Å². The smallest absolute Gasteiger partial charge is 0.0314 e. The van der Waals surface area contributed by atoms with Gasteiger partial charge in [-0.15, -0.1) is 0 Å². The van der Waals surface area contributed by atoms with E-state index in [0.717, 1.165) is 12.1 Å². The third-order valence-corrected chi connectivity index (χ3v) is 2.15. The quantitative estimate of drug-likeness (QED) is 0.699. The van der Waals surface area contributed by atoms with Gasteiger partial charge >= 0.3 is 0 Å². The highest BCUT2D eigenvalue weighted by Gasteiger charge is 1.98. The molecule has 0 radical (unpaired) electrons. The largest absolute Gasteiger partial charge is 0.399 e. The lowest BCUT2D eigenvalue weighted by Crippen LogP contribution is -1.87. The maximum absolute atomic E-state index is 5.62. The highest BCUT2D eigenvalue weighted by molar-refractivity contribution is 5.66. The number of allylic oxidation sites excluding steroid dienone is 2. The monoisotopic (exact) mass is 175 g/mol. The average Bonchev–Trinajstić information content (AvgIpc) is 2.16. The molecule has 0 saturated heterocycles. The van der Waals surface area contributed by atoms with Crippen LogP contribution in [0, 0.1) is 0 Å². The summed E-state index contributed by atoms with van der Waals surface area (Å²) in [6.07, 6.45) is 4.50. The van der Waals surface area contributed by atoms with Gasteiger partial charge in [0.2, 0.25) is 0 Å². The second kappa shape index (κ2) is 4.70. The Balaban J connectivity index is 2.87. The molecule has 0 amide bonds. The zero-order valence-electron chi connectivity index (χ0n) is 8.38. The van der Waals surface area contributed by atoms with Crippen LogP contribution in [0.25, 0.3) is 5.57 Å². The normalized spacial score (nSPS) is 11.7. The molecule has 1 aromatic carbocycles. The summed E-state index contributed by atoms with van der Waals surface area (Å²) in [5.74, 6) is 0. The molecule has 0 fully saturated rings. The summed E-state index contributed by atoms with van der Waals surface area (Å²) in [7, 11) is 0. The van der Waals surface area contributed by atoms with Crippen LogP contribution < -0.4 is 5.73 Å². The van der Waals surface area contributed by atoms with Crippen LogP contribution in [-0.2, 0) is 0 Å². The van der Waals surface area contributed by atoms with E-state index in [9.17, 15) is 0 Å². The van der Waals surface area contributed by atoms with E-state index in [2.05, 4.69) is 32.1 Å². The molecule has 0 saturated carbocycles. The van der Waals surface area contributed by atoms with Crippen LogP contribution in [-0.4, -0.2) is 0 Å². The molecule has 1 nitrogen and oxygen atoms in total. The summed E-state index contributed by atoms with van der Waals surface area (Å²) in [5.41, 5.74) is 9.15. The Labute approximate surface area is 80.3 Å². The summed E-state index contributed by atoms with van der Waals surface area (Å²) in [6.45, 7) is 4.28. The first-order valence-corrected chi connectivity index (χ1v) is 4.79. The Kier molecular flexibility index (Phi) is 3.56. The number of benzene rings is 1. The van der Waals surface area contributed by atoms with Gasteiger partial charge in [-0.1, -0.05) is 31.6 Å². The molecular formula is C12H17N. The van der Waals surface area contributed by atoms with Gasteiger partial charge < -0.3 is 5.73 Å². The SMILES string of the molecule is CC=C(CCC)c1ccc(N)cc1. The molecule has 0 aliphatic heterocycles. The maximum atomic E-state index is 5.62. The van der Waals surface area contributed by atoms with E-state index in [1.807, 2.05) is 12.1 Å². The second-order valence-corrected chi connectivity index (χ2v) is 3.19. The molecule has 2 N–H and O–H groups in total. The molecule has 13 heavy (non-hydrogen) atoms. The lowest BCUT2D eigenvalue weighted by molar-refractivity contribution is 0.972. The van der Waals surface area contributed by atoms with Crippen molar-refractivity contribution >= 4 is 11.3 Å². The van der Waals surface area contributed by atoms with Gasteiger partial charge in [0.15, 0.2) is 0 Å². The fraction of sp³-hybridized carbons (Fsp3) is 0.333. The molecule has 1 rings (SSSR count). The van der Waals surface area contributed by atoms with E-state index in [1.54, 1.807) is 0 Å². The van der Waals surface area contributed by atoms with Gasteiger partial charge in [0, 0.05) is 5.69 Å². The summed E-state index contributed by atoms with van der Waals surface area (Å²) in [6, 6.07) is 8.07. The van der Waals surface area contributed by atoms with Gasteiger partial charge in [0.05, 0.1) is 0 Å². The minimum atomic E-state index is 0.829. The van der Waals surface area contributed by atoms with Gasteiger partial charge in [-0.2, -0.15) is 0 Å². The van der Waals surface area contributed by atoms with Crippen molar-refractivity contribution in [2.24, 2.45) is 0 Å². The van der Waals surface area contributed by atoms with Gasteiger partial charge in [-0.05, 0) is 36.6 Å². The van der Waals surface area contributed by atoms with Crippen molar-refractivity contribution < 1.29 is 0 Å². The van der Waals surface area contributed by atoms with E-state index >= 15 is 0 Å². The molecule has 0 aromatic heterocycles. The first kappa shape index (κ1) is 9.85. The number of anilines is 1. The van der Waals surface area contributed by atoms with Gasteiger partial charge in [-0.25, -0.2) is 0 Å². The van der Waals surface area contributed by atoms with Crippen molar-refractivity contribution in [3.05, 3.63) is 35.9 Å². The van der Waals surface area contributed by atoms with Crippen molar-refractivity contribution in [1.29, 1.82) is 0 Å². The summed E-state index contributed by atoms with van der Waals surface area (Å²) >= 11 is 0. The van der Waals surface area contributed by atoms with Crippen LogP contribution in [0.5, 0.6) is 0 Å². The van der Waals surface area contributed by atoms with Gasteiger partial charge in [-0.3, -0.25) is 0 Å². The van der Waals surface area contributed by atoms with Crippen molar-refractivity contribution in [1.82, 2.24) is 0 Å². The number of hydrogen-bond acceptors (Lipinski definition) is 1. The summed E-state index contributed by atoms with van der Waals surface area (Å²) in [5, 5.41) is 0. The van der Waals surface area contributed by atoms with E-state index in [1.165, 1.54) is 17.6 Å². The van der Waals surface area contributed by atoms with Crippen LogP contribution in [0.15, 0.2) is 30.3 Å². The first-order valence-electron chi connectivity index (χ1n) is 4.79. The Hall–Kier alpha value is -1.24. The predicted octanol–water partition coefficient (Wildman–Crippen LogP) is 3.47. The Bertz CT molecular complexity index is 282. The summed E-state index contributed by atoms with van der Waals surface area (Å²) in [4.78, 5) is 0. The number of nitrogens with two attached hydrogens (primary N) is 1. The molecule has 70 valence electrons. The number of rotatable bonds is 3. The standard InChI is InChI=1S/C12H17N/c1-3-5-10(4-2)11-6-8-12(13)9-7-11/h4,6-9H,3,5,13H2,1-2H3. The number of nitrogen functional groups attached to an aromatic ring is 1. The lowest BCUT2D eigenvalue weighted by atomic mass is 10.0. The van der Waals surface area contributed by atoms with Crippen molar-refractivity contribution in [2.75, 3.05) is 5.73 Å². The molecule has 0 heterocycles. The molecule has 0 spiro atoms. The third-order valence-electron chi connectivity index (χ3n) is 2.15. The van der Waals surface area contributed by atoms with E-state index < -0.39 is 0 Å². The topological polar surface area (TPSA) is 26.0 Å². The minimum Gasteiger partial charge on any atom is -0.399 e. The zero-order chi connectivity index (χ0) is 9.68. The molecule has 0 aliphatic carbocycles. The minimum absolute atomic E-state index is 0.829. The zero-order valence-corrected chi connectivity index (χ0v) is 8.38. The molecule has 0 bridgehead atoms. The van der Waals surface area contributed by atoms with Crippen LogP contribution in [0.2, 0.25) is 0 Å².